The van der Waals surface area contributed by atoms with Crippen LogP contribution in [0.3, 0.4) is 0 Å². The van der Waals surface area contributed by atoms with Gasteiger partial charge < -0.3 is 15.2 Å². The van der Waals surface area contributed by atoms with Crippen LogP contribution in [0.5, 0.6) is 0 Å². The first kappa shape index (κ1) is 20.8. The second-order valence-electron chi connectivity index (χ2n) is 7.95. The van der Waals surface area contributed by atoms with Crippen molar-refractivity contribution in [1.29, 1.82) is 0 Å². The number of nitrogens with one attached hydrogen (secondary N) is 2. The zero-order chi connectivity index (χ0) is 18.7. The molecule has 2 fully saturated rings. The summed E-state index contributed by atoms with van der Waals surface area (Å²) in [6.07, 6.45) is 7.41. The van der Waals surface area contributed by atoms with Gasteiger partial charge in [0.1, 0.15) is 5.82 Å². The third-order valence-electron chi connectivity index (χ3n) is 6.13. The zero-order valence-corrected chi connectivity index (χ0v) is 17.3. The van der Waals surface area contributed by atoms with Crippen LogP contribution in [0.2, 0.25) is 0 Å². The predicted octanol–water partition coefficient (Wildman–Crippen LogP) is 2.10. The zero-order valence-electron chi connectivity index (χ0n) is 16.4. The summed E-state index contributed by atoms with van der Waals surface area (Å²) >= 11 is 0. The molecule has 1 saturated carbocycles. The number of halogens is 1. The van der Waals surface area contributed by atoms with Crippen LogP contribution in [0.25, 0.3) is 0 Å². The first-order valence-electron chi connectivity index (χ1n) is 9.88. The molecule has 2 N–H and O–H groups in total. The van der Waals surface area contributed by atoms with Crippen LogP contribution >= 0.6 is 12.4 Å². The van der Waals surface area contributed by atoms with Gasteiger partial charge in [-0.1, -0.05) is 30.3 Å². The van der Waals surface area contributed by atoms with Crippen molar-refractivity contribution in [3.05, 3.63) is 54.1 Å². The van der Waals surface area contributed by atoms with Gasteiger partial charge in [-0.2, -0.15) is 0 Å². The molecule has 2 heterocycles. The van der Waals surface area contributed by atoms with E-state index in [1.807, 2.05) is 54.3 Å². The van der Waals surface area contributed by atoms with Crippen molar-refractivity contribution in [1.82, 2.24) is 25.1 Å². The van der Waals surface area contributed by atoms with Gasteiger partial charge in [0.25, 0.3) is 0 Å². The normalized spacial score (nSPS) is 20.0. The third kappa shape index (κ3) is 4.74. The lowest BCUT2D eigenvalue weighted by Gasteiger charge is -2.29. The number of benzene rings is 1. The van der Waals surface area contributed by atoms with Crippen LogP contribution in [0.15, 0.2) is 42.7 Å². The minimum atomic E-state index is 0. The monoisotopic (exact) mass is 403 g/mol. The smallest absolute Gasteiger partial charge is 0.234 e. The predicted molar refractivity (Wildman–Crippen MR) is 112 cm³/mol. The third-order valence-corrected chi connectivity index (χ3v) is 6.13. The van der Waals surface area contributed by atoms with Crippen LogP contribution < -0.4 is 10.6 Å². The van der Waals surface area contributed by atoms with E-state index in [1.54, 1.807) is 0 Å². The lowest BCUT2D eigenvalue weighted by atomic mass is 9.93. The molecule has 1 atom stereocenters. The van der Waals surface area contributed by atoms with Gasteiger partial charge in [-0.05, 0) is 43.3 Å². The fourth-order valence-electron chi connectivity index (χ4n) is 4.35. The molecule has 1 spiro atoms. The van der Waals surface area contributed by atoms with E-state index in [2.05, 4.69) is 20.5 Å². The Morgan fingerprint density at radius 3 is 2.75 bits per heavy atom. The summed E-state index contributed by atoms with van der Waals surface area (Å²) in [5.74, 6) is 1.10. The maximum Gasteiger partial charge on any atom is 0.234 e. The van der Waals surface area contributed by atoms with Crippen LogP contribution in [-0.4, -0.2) is 46.0 Å². The van der Waals surface area contributed by atoms with Crippen molar-refractivity contribution in [2.45, 2.75) is 38.4 Å². The molecule has 28 heavy (non-hydrogen) atoms. The Morgan fingerprint density at radius 2 is 2.07 bits per heavy atom. The highest BCUT2D eigenvalue weighted by Crippen LogP contribution is 2.55. The van der Waals surface area contributed by atoms with Crippen molar-refractivity contribution in [2.75, 3.05) is 19.6 Å². The molecule has 4 rings (SSSR count). The molecule has 2 aromatic rings. The maximum atomic E-state index is 12.7. The number of carbonyl (C=O) groups excluding carboxylic acids is 1. The number of imidazole rings is 1. The van der Waals surface area contributed by atoms with E-state index >= 15 is 0 Å². The minimum absolute atomic E-state index is 0. The van der Waals surface area contributed by atoms with Crippen molar-refractivity contribution in [2.24, 2.45) is 12.5 Å². The van der Waals surface area contributed by atoms with Crippen molar-refractivity contribution in [3.63, 3.8) is 0 Å². The van der Waals surface area contributed by atoms with Crippen LogP contribution in [0, 0.1) is 5.41 Å². The maximum absolute atomic E-state index is 12.7. The summed E-state index contributed by atoms with van der Waals surface area (Å²) in [7, 11) is 2.02. The first-order chi connectivity index (χ1) is 13.2. The number of nitrogens with zero attached hydrogens (tertiary/aromatic N) is 3. The number of hydrogen-bond acceptors (Lipinski definition) is 4. The van der Waals surface area contributed by atoms with Gasteiger partial charge in [-0.25, -0.2) is 4.98 Å². The molecule has 1 aliphatic heterocycles. The molecule has 1 aliphatic carbocycles. The molecule has 6 nitrogen and oxygen atoms in total. The summed E-state index contributed by atoms with van der Waals surface area (Å²) in [6.45, 7) is 3.91. The molecular formula is C21H30ClN5O. The fraction of sp³-hybridized carbons (Fsp3) is 0.524. The minimum Gasteiger partial charge on any atom is -0.351 e. The molecular weight excluding hydrogens is 374 g/mol. The molecule has 1 unspecified atom stereocenters. The molecule has 2 aliphatic rings. The molecule has 1 aromatic carbocycles. The SMILES string of the molecule is Cl.Cn1ccnc1CN(CC(=O)NCc1ccccc1)C1CC12CCNCC2. The number of piperidine rings is 1. The number of hydrogen-bond donors (Lipinski definition) is 2. The fourth-order valence-corrected chi connectivity index (χ4v) is 4.35. The number of rotatable bonds is 7. The Kier molecular flexibility index (Phi) is 6.75. The second-order valence-corrected chi connectivity index (χ2v) is 7.95. The van der Waals surface area contributed by atoms with E-state index in [9.17, 15) is 4.79 Å². The summed E-state index contributed by atoms with van der Waals surface area (Å²) in [6, 6.07) is 10.6. The van der Waals surface area contributed by atoms with E-state index in [-0.39, 0.29) is 18.3 Å². The summed E-state index contributed by atoms with van der Waals surface area (Å²) in [5, 5.41) is 6.54. The number of amides is 1. The molecule has 1 saturated heterocycles. The summed E-state index contributed by atoms with van der Waals surface area (Å²) in [4.78, 5) is 19.5. The van der Waals surface area contributed by atoms with E-state index < -0.39 is 0 Å². The number of carbonyl (C=O) groups is 1. The van der Waals surface area contributed by atoms with Gasteiger partial charge in [-0.3, -0.25) is 9.69 Å². The largest absolute Gasteiger partial charge is 0.351 e. The van der Waals surface area contributed by atoms with Crippen molar-refractivity contribution >= 4 is 18.3 Å². The number of aromatic nitrogens is 2. The lowest BCUT2D eigenvalue weighted by molar-refractivity contribution is -0.122. The average Bonchev–Trinajstić information content (AvgIpc) is 3.22. The van der Waals surface area contributed by atoms with Crippen LogP contribution in [0.1, 0.15) is 30.7 Å². The molecule has 0 radical (unpaired) electrons. The Balaban J connectivity index is 0.00000225. The topological polar surface area (TPSA) is 62.2 Å². The van der Waals surface area contributed by atoms with Gasteiger partial charge in [-0.15, -0.1) is 12.4 Å². The lowest BCUT2D eigenvalue weighted by Crippen LogP contribution is -2.41. The summed E-state index contributed by atoms with van der Waals surface area (Å²) < 4.78 is 2.05. The highest BCUT2D eigenvalue weighted by Gasteiger charge is 2.56. The van der Waals surface area contributed by atoms with Crippen LogP contribution in [0.4, 0.5) is 0 Å². The van der Waals surface area contributed by atoms with E-state index in [0.717, 1.165) is 31.0 Å². The molecule has 7 heteroatoms. The van der Waals surface area contributed by atoms with E-state index in [1.165, 1.54) is 19.3 Å². The van der Waals surface area contributed by atoms with Gasteiger partial charge in [0.15, 0.2) is 0 Å². The second kappa shape index (κ2) is 9.07. The molecule has 1 amide bonds. The van der Waals surface area contributed by atoms with Crippen LogP contribution in [-0.2, 0) is 24.9 Å². The Hall–Kier alpha value is -1.89. The highest BCUT2D eigenvalue weighted by molar-refractivity contribution is 5.85. The first-order valence-corrected chi connectivity index (χ1v) is 9.88. The Morgan fingerprint density at radius 1 is 1.32 bits per heavy atom. The summed E-state index contributed by atoms with van der Waals surface area (Å²) in [5.41, 5.74) is 1.53. The van der Waals surface area contributed by atoms with Gasteiger partial charge in [0, 0.05) is 32.0 Å². The van der Waals surface area contributed by atoms with E-state index in [0.29, 0.717) is 24.5 Å². The van der Waals surface area contributed by atoms with Crippen molar-refractivity contribution < 1.29 is 4.79 Å². The Bertz CT molecular complexity index is 772. The average molecular weight is 404 g/mol. The van der Waals surface area contributed by atoms with E-state index in [4.69, 9.17) is 0 Å². The molecule has 1 aromatic heterocycles. The highest BCUT2D eigenvalue weighted by atomic mass is 35.5. The van der Waals surface area contributed by atoms with Gasteiger partial charge in [0.2, 0.25) is 5.91 Å². The number of aryl methyl sites for hydroxylation is 1. The van der Waals surface area contributed by atoms with Gasteiger partial charge >= 0.3 is 0 Å². The molecule has 152 valence electrons. The Labute approximate surface area is 173 Å². The van der Waals surface area contributed by atoms with Crippen molar-refractivity contribution in [3.8, 4) is 0 Å². The molecule has 0 bridgehead atoms. The quantitative estimate of drug-likeness (QED) is 0.743. The van der Waals surface area contributed by atoms with Gasteiger partial charge in [0.05, 0.1) is 13.1 Å². The standard InChI is InChI=1S/C21H29N5O.ClH/c1-25-12-11-23-19(25)15-26(18-13-21(18)7-9-22-10-8-21)16-20(27)24-14-17-5-3-2-4-6-17;/h2-6,11-12,18,22H,7-10,13-16H2,1H3,(H,24,27);1H.